The second-order valence-electron chi connectivity index (χ2n) is 4.00. The summed E-state index contributed by atoms with van der Waals surface area (Å²) in [5.74, 6) is -1.15. The van der Waals surface area contributed by atoms with Crippen molar-refractivity contribution in [2.75, 3.05) is 0 Å². The third-order valence-corrected chi connectivity index (χ3v) is 3.68. The zero-order chi connectivity index (χ0) is 13.1. The summed E-state index contributed by atoms with van der Waals surface area (Å²) in [6.45, 7) is 1.94. The molecule has 0 aliphatic carbocycles. The van der Waals surface area contributed by atoms with E-state index in [4.69, 9.17) is 0 Å². The largest absolute Gasteiger partial charge is 0.293 e. The van der Waals surface area contributed by atoms with Crippen molar-refractivity contribution in [2.24, 2.45) is 0 Å². The number of thiophene rings is 1. The molecule has 0 saturated carbocycles. The summed E-state index contributed by atoms with van der Waals surface area (Å²) < 4.78 is 26.2. The minimum atomic E-state index is -0.611. The fraction of sp³-hybridized carbons (Fsp3) is 0.214. The van der Waals surface area contributed by atoms with Crippen LogP contribution in [0.25, 0.3) is 10.4 Å². The molecule has 0 unspecified atom stereocenters. The van der Waals surface area contributed by atoms with Crippen molar-refractivity contribution in [1.29, 1.82) is 0 Å². The lowest BCUT2D eigenvalue weighted by atomic mass is 10.1. The molecule has 2 rings (SSSR count). The molecule has 0 atom stereocenters. The first-order valence-electron chi connectivity index (χ1n) is 5.69. The van der Waals surface area contributed by atoms with E-state index in [1.165, 1.54) is 23.5 Å². The number of benzene rings is 1. The van der Waals surface area contributed by atoms with E-state index < -0.39 is 11.6 Å². The number of carbonyl (C=O) groups is 1. The van der Waals surface area contributed by atoms with Crippen LogP contribution in [0.15, 0.2) is 30.3 Å². The molecule has 1 heterocycles. The summed E-state index contributed by atoms with van der Waals surface area (Å²) in [7, 11) is 0. The van der Waals surface area contributed by atoms with Crippen LogP contribution in [0, 0.1) is 11.6 Å². The Kier molecular flexibility index (Phi) is 3.87. The molecule has 1 nitrogen and oxygen atoms in total. The fourth-order valence-corrected chi connectivity index (χ4v) is 2.65. The van der Waals surface area contributed by atoms with Gasteiger partial charge < -0.3 is 0 Å². The van der Waals surface area contributed by atoms with E-state index in [0.717, 1.165) is 12.5 Å². The number of carbonyl (C=O) groups excluding carboxylic acids is 1. The van der Waals surface area contributed by atoms with Gasteiger partial charge in [0.25, 0.3) is 0 Å². The summed E-state index contributed by atoms with van der Waals surface area (Å²) in [6.07, 6.45) is 1.29. The molecule has 0 spiro atoms. The van der Waals surface area contributed by atoms with Crippen LogP contribution in [0.3, 0.4) is 0 Å². The lowest BCUT2D eigenvalue weighted by molar-refractivity contribution is 0.0985. The van der Waals surface area contributed by atoms with Gasteiger partial charge in [0.2, 0.25) is 0 Å². The molecule has 0 fully saturated rings. The molecule has 0 aliphatic rings. The monoisotopic (exact) mass is 266 g/mol. The van der Waals surface area contributed by atoms with Crippen molar-refractivity contribution in [3.05, 3.63) is 46.8 Å². The summed E-state index contributed by atoms with van der Waals surface area (Å²) in [5, 5.41) is 0. The Bertz CT molecular complexity index is 555. The molecule has 0 aliphatic heterocycles. The molecule has 0 saturated heterocycles. The van der Waals surface area contributed by atoms with Gasteiger partial charge in [-0.2, -0.15) is 0 Å². The average molecular weight is 266 g/mol. The number of Topliss-reactive ketones (excluding diaryl/α,β-unsaturated/α-hetero) is 1. The molecule has 1 aromatic carbocycles. The Morgan fingerprint density at radius 1 is 1.17 bits per heavy atom. The van der Waals surface area contributed by atoms with E-state index in [2.05, 4.69) is 0 Å². The van der Waals surface area contributed by atoms with Gasteiger partial charge in [-0.1, -0.05) is 6.92 Å². The predicted octanol–water partition coefficient (Wildman–Crippen LogP) is 4.68. The van der Waals surface area contributed by atoms with Gasteiger partial charge in [0.05, 0.1) is 4.88 Å². The number of hydrogen-bond donors (Lipinski definition) is 0. The zero-order valence-electron chi connectivity index (χ0n) is 9.87. The molecule has 94 valence electrons. The standard InChI is InChI=1S/C14H12F2OS/c1-2-3-12(17)14-5-4-13(18-14)9-6-10(15)8-11(16)7-9/h4-8H,2-3H2,1H3. The molecule has 1 aromatic heterocycles. The van der Waals surface area contributed by atoms with Crippen molar-refractivity contribution in [3.63, 3.8) is 0 Å². The normalized spacial score (nSPS) is 10.6. The quantitative estimate of drug-likeness (QED) is 0.734. The van der Waals surface area contributed by atoms with Crippen molar-refractivity contribution < 1.29 is 13.6 Å². The fourth-order valence-electron chi connectivity index (χ4n) is 1.69. The predicted molar refractivity (Wildman–Crippen MR) is 68.9 cm³/mol. The van der Waals surface area contributed by atoms with Crippen molar-refractivity contribution >= 4 is 17.1 Å². The summed E-state index contributed by atoms with van der Waals surface area (Å²) >= 11 is 1.27. The smallest absolute Gasteiger partial charge is 0.172 e. The topological polar surface area (TPSA) is 17.1 Å². The van der Waals surface area contributed by atoms with Crippen LogP contribution in [-0.2, 0) is 0 Å². The van der Waals surface area contributed by atoms with Crippen molar-refractivity contribution in [3.8, 4) is 10.4 Å². The van der Waals surface area contributed by atoms with Crippen LogP contribution < -0.4 is 0 Å². The highest BCUT2D eigenvalue weighted by molar-refractivity contribution is 7.17. The molecule has 18 heavy (non-hydrogen) atoms. The SMILES string of the molecule is CCCC(=O)c1ccc(-c2cc(F)cc(F)c2)s1. The molecule has 0 bridgehead atoms. The van der Waals surface area contributed by atoms with Gasteiger partial charge in [0, 0.05) is 17.4 Å². The average Bonchev–Trinajstić information content (AvgIpc) is 2.77. The van der Waals surface area contributed by atoms with Crippen LogP contribution in [0.1, 0.15) is 29.4 Å². The van der Waals surface area contributed by atoms with Crippen LogP contribution in [0.5, 0.6) is 0 Å². The minimum absolute atomic E-state index is 0.0747. The van der Waals surface area contributed by atoms with Crippen LogP contribution in [0.2, 0.25) is 0 Å². The van der Waals surface area contributed by atoms with Crippen LogP contribution >= 0.6 is 11.3 Å². The van der Waals surface area contributed by atoms with Gasteiger partial charge in [-0.3, -0.25) is 4.79 Å². The Labute approximate surface area is 108 Å². The minimum Gasteiger partial charge on any atom is -0.293 e. The molecule has 2 aromatic rings. The van der Waals surface area contributed by atoms with E-state index >= 15 is 0 Å². The van der Waals surface area contributed by atoms with Crippen molar-refractivity contribution in [1.82, 2.24) is 0 Å². The molecular weight excluding hydrogens is 254 g/mol. The summed E-state index contributed by atoms with van der Waals surface area (Å²) in [6, 6.07) is 6.80. The summed E-state index contributed by atoms with van der Waals surface area (Å²) in [4.78, 5) is 13.0. The highest BCUT2D eigenvalue weighted by Gasteiger charge is 2.10. The first-order valence-corrected chi connectivity index (χ1v) is 6.51. The van der Waals surface area contributed by atoms with Gasteiger partial charge in [-0.25, -0.2) is 8.78 Å². The van der Waals surface area contributed by atoms with Gasteiger partial charge in [0.1, 0.15) is 11.6 Å². The van der Waals surface area contributed by atoms with Gasteiger partial charge in [-0.05, 0) is 36.2 Å². The highest BCUT2D eigenvalue weighted by atomic mass is 32.1. The molecular formula is C14H12F2OS. The molecule has 0 radical (unpaired) electrons. The first-order chi connectivity index (χ1) is 8.60. The third-order valence-electron chi connectivity index (χ3n) is 2.50. The Morgan fingerprint density at radius 3 is 2.44 bits per heavy atom. The van der Waals surface area contributed by atoms with E-state index in [1.807, 2.05) is 6.92 Å². The Balaban J connectivity index is 2.32. The highest BCUT2D eigenvalue weighted by Crippen LogP contribution is 2.30. The second-order valence-corrected chi connectivity index (χ2v) is 5.08. The lowest BCUT2D eigenvalue weighted by Crippen LogP contribution is -1.93. The Morgan fingerprint density at radius 2 is 1.83 bits per heavy atom. The number of hydrogen-bond acceptors (Lipinski definition) is 2. The number of ketones is 1. The maximum atomic E-state index is 13.1. The van der Waals surface area contributed by atoms with E-state index in [1.54, 1.807) is 12.1 Å². The summed E-state index contributed by atoms with van der Waals surface area (Å²) in [5.41, 5.74) is 0.466. The number of rotatable bonds is 4. The van der Waals surface area contributed by atoms with E-state index in [0.29, 0.717) is 21.7 Å². The maximum Gasteiger partial charge on any atom is 0.172 e. The first kappa shape index (κ1) is 12.9. The maximum absolute atomic E-state index is 13.1. The van der Waals surface area contributed by atoms with Crippen LogP contribution in [-0.4, -0.2) is 5.78 Å². The molecule has 0 amide bonds. The van der Waals surface area contributed by atoms with E-state index in [-0.39, 0.29) is 5.78 Å². The van der Waals surface area contributed by atoms with E-state index in [9.17, 15) is 13.6 Å². The number of halogens is 2. The third kappa shape index (κ3) is 2.82. The van der Waals surface area contributed by atoms with Gasteiger partial charge in [-0.15, -0.1) is 11.3 Å². The van der Waals surface area contributed by atoms with Crippen molar-refractivity contribution in [2.45, 2.75) is 19.8 Å². The van der Waals surface area contributed by atoms with Gasteiger partial charge in [0.15, 0.2) is 5.78 Å². The van der Waals surface area contributed by atoms with Crippen LogP contribution in [0.4, 0.5) is 8.78 Å². The molecule has 4 heteroatoms. The lowest BCUT2D eigenvalue weighted by Gasteiger charge is -1.98. The zero-order valence-corrected chi connectivity index (χ0v) is 10.7. The molecule has 0 N–H and O–H groups in total. The van der Waals surface area contributed by atoms with Gasteiger partial charge >= 0.3 is 0 Å². The Hall–Kier alpha value is -1.55. The second kappa shape index (κ2) is 5.40.